The molecule has 0 aliphatic rings. The van der Waals surface area contributed by atoms with E-state index < -0.39 is 30.0 Å². The first-order chi connectivity index (χ1) is 12.5. The van der Waals surface area contributed by atoms with Gasteiger partial charge in [-0.25, -0.2) is 0 Å². The molecule has 0 spiro atoms. The third-order valence-corrected chi connectivity index (χ3v) is 3.12. The monoisotopic (exact) mass is 384 g/mol. The van der Waals surface area contributed by atoms with Crippen molar-refractivity contribution in [2.45, 2.75) is 58.5 Å². The predicted octanol–water partition coefficient (Wildman–Crippen LogP) is 1.96. The summed E-state index contributed by atoms with van der Waals surface area (Å²) in [5.41, 5.74) is 11.5. The van der Waals surface area contributed by atoms with Crippen molar-refractivity contribution in [1.29, 1.82) is 0 Å². The summed E-state index contributed by atoms with van der Waals surface area (Å²) in [7, 11) is 0. The van der Waals surface area contributed by atoms with Crippen LogP contribution in [0.15, 0.2) is 30.3 Å². The van der Waals surface area contributed by atoms with Crippen LogP contribution < -0.4 is 11.5 Å². The summed E-state index contributed by atoms with van der Waals surface area (Å²) in [5, 5.41) is 24.7. The van der Waals surface area contributed by atoms with E-state index in [1.807, 2.05) is 51.1 Å². The van der Waals surface area contributed by atoms with Gasteiger partial charge in [-0.05, 0) is 30.7 Å². The molecule has 0 bridgehead atoms. The highest BCUT2D eigenvalue weighted by Crippen LogP contribution is 2.02. The van der Waals surface area contributed by atoms with E-state index >= 15 is 0 Å². The molecule has 154 valence electrons. The van der Waals surface area contributed by atoms with Crippen molar-refractivity contribution in [2.24, 2.45) is 17.4 Å². The Morgan fingerprint density at radius 2 is 1.41 bits per heavy atom. The number of carboxylic acids is 3. The number of carbonyl (C=O) groups is 3. The first-order valence-electron chi connectivity index (χ1n) is 8.73. The van der Waals surface area contributed by atoms with Crippen LogP contribution >= 0.6 is 0 Å². The van der Waals surface area contributed by atoms with E-state index in [1.54, 1.807) is 0 Å². The molecule has 0 radical (unpaired) electrons. The highest BCUT2D eigenvalue weighted by molar-refractivity contribution is 5.73. The number of hydrogen-bond acceptors (Lipinski definition) is 5. The number of aliphatic carboxylic acids is 3. The van der Waals surface area contributed by atoms with Crippen molar-refractivity contribution in [3.05, 3.63) is 35.9 Å². The molecule has 27 heavy (non-hydrogen) atoms. The van der Waals surface area contributed by atoms with Crippen LogP contribution in [-0.4, -0.2) is 45.3 Å². The molecule has 0 saturated carbocycles. The molecule has 1 aromatic rings. The van der Waals surface area contributed by atoms with E-state index in [0.29, 0.717) is 25.2 Å². The quantitative estimate of drug-likeness (QED) is 0.454. The molecule has 1 rings (SSSR count). The summed E-state index contributed by atoms with van der Waals surface area (Å²) < 4.78 is 0. The van der Waals surface area contributed by atoms with E-state index in [9.17, 15) is 14.4 Å². The molecule has 7 N–H and O–H groups in total. The molecule has 0 saturated heterocycles. The SMILES string of the molecule is CC(C)CC(N)C(=O)O.CCCC(=O)O.NC(Cc1ccccc1)C(=O)O. The van der Waals surface area contributed by atoms with Crippen LogP contribution in [-0.2, 0) is 20.8 Å². The van der Waals surface area contributed by atoms with E-state index in [-0.39, 0.29) is 0 Å². The van der Waals surface area contributed by atoms with Crippen LogP contribution in [0.5, 0.6) is 0 Å². The molecule has 0 heterocycles. The molecular weight excluding hydrogens is 352 g/mol. The van der Waals surface area contributed by atoms with Crippen molar-refractivity contribution in [3.8, 4) is 0 Å². The second-order valence-corrected chi connectivity index (χ2v) is 6.35. The van der Waals surface area contributed by atoms with Crippen molar-refractivity contribution in [3.63, 3.8) is 0 Å². The Labute approximate surface area is 160 Å². The number of rotatable bonds is 8. The largest absolute Gasteiger partial charge is 0.481 e. The number of benzene rings is 1. The first kappa shape index (κ1) is 26.8. The predicted molar refractivity (Wildman–Crippen MR) is 103 cm³/mol. The molecule has 0 aromatic heterocycles. The summed E-state index contributed by atoms with van der Waals surface area (Å²) in [5.74, 6) is -2.23. The molecule has 0 amide bonds. The molecule has 2 unspecified atom stereocenters. The lowest BCUT2D eigenvalue weighted by molar-refractivity contribution is -0.139. The molecule has 2 atom stereocenters. The van der Waals surface area contributed by atoms with Gasteiger partial charge in [0.2, 0.25) is 0 Å². The summed E-state index contributed by atoms with van der Waals surface area (Å²) >= 11 is 0. The Balaban J connectivity index is 0. The van der Waals surface area contributed by atoms with E-state index in [4.69, 9.17) is 26.8 Å². The van der Waals surface area contributed by atoms with Crippen molar-refractivity contribution in [2.75, 3.05) is 0 Å². The van der Waals surface area contributed by atoms with Gasteiger partial charge in [0.1, 0.15) is 12.1 Å². The third-order valence-electron chi connectivity index (χ3n) is 3.12. The zero-order valence-corrected chi connectivity index (χ0v) is 16.2. The molecule has 0 aliphatic heterocycles. The van der Waals surface area contributed by atoms with Gasteiger partial charge in [0.05, 0.1) is 0 Å². The van der Waals surface area contributed by atoms with Gasteiger partial charge in [0.25, 0.3) is 0 Å². The minimum atomic E-state index is -0.959. The summed E-state index contributed by atoms with van der Waals surface area (Å²) in [6.45, 7) is 5.74. The molecule has 1 aromatic carbocycles. The Hall–Kier alpha value is -2.45. The summed E-state index contributed by atoms with van der Waals surface area (Å²) in [4.78, 5) is 30.1. The van der Waals surface area contributed by atoms with Crippen LogP contribution in [0.1, 0.15) is 45.6 Å². The van der Waals surface area contributed by atoms with Crippen LogP contribution in [0.2, 0.25) is 0 Å². The lowest BCUT2D eigenvalue weighted by Crippen LogP contribution is -2.32. The molecule has 8 nitrogen and oxygen atoms in total. The first-order valence-corrected chi connectivity index (χ1v) is 8.73. The Bertz CT molecular complexity index is 548. The minimum Gasteiger partial charge on any atom is -0.481 e. The Morgan fingerprint density at radius 1 is 0.926 bits per heavy atom. The average molecular weight is 384 g/mol. The topological polar surface area (TPSA) is 164 Å². The van der Waals surface area contributed by atoms with Gasteiger partial charge in [-0.3, -0.25) is 14.4 Å². The van der Waals surface area contributed by atoms with Crippen molar-refractivity contribution in [1.82, 2.24) is 0 Å². The zero-order chi connectivity index (χ0) is 21.4. The van der Waals surface area contributed by atoms with Gasteiger partial charge >= 0.3 is 17.9 Å². The summed E-state index contributed by atoms with van der Waals surface area (Å²) in [6, 6.07) is 7.85. The fourth-order valence-corrected chi connectivity index (χ4v) is 1.78. The molecule has 0 aliphatic carbocycles. The average Bonchev–Trinajstić information content (AvgIpc) is 2.56. The number of hydrogen-bond donors (Lipinski definition) is 5. The Morgan fingerprint density at radius 3 is 1.67 bits per heavy atom. The van der Waals surface area contributed by atoms with E-state index in [0.717, 1.165) is 12.0 Å². The summed E-state index contributed by atoms with van der Waals surface area (Å²) in [6.07, 6.45) is 1.96. The zero-order valence-electron chi connectivity index (χ0n) is 16.2. The van der Waals surface area contributed by atoms with Crippen molar-refractivity contribution < 1.29 is 29.7 Å². The maximum atomic E-state index is 10.4. The van der Waals surface area contributed by atoms with Gasteiger partial charge < -0.3 is 26.8 Å². The highest BCUT2D eigenvalue weighted by atomic mass is 16.4. The van der Waals surface area contributed by atoms with E-state index in [2.05, 4.69) is 0 Å². The molecule has 8 heteroatoms. The van der Waals surface area contributed by atoms with Crippen LogP contribution in [0.3, 0.4) is 0 Å². The number of carboxylic acid groups (broad SMARTS) is 3. The lowest BCUT2D eigenvalue weighted by atomic mass is 10.1. The maximum Gasteiger partial charge on any atom is 0.320 e. The normalized spacial score (nSPS) is 11.9. The van der Waals surface area contributed by atoms with E-state index in [1.165, 1.54) is 0 Å². The highest BCUT2D eigenvalue weighted by Gasteiger charge is 2.12. The van der Waals surface area contributed by atoms with Gasteiger partial charge in [-0.2, -0.15) is 0 Å². The van der Waals surface area contributed by atoms with Crippen LogP contribution in [0.25, 0.3) is 0 Å². The smallest absolute Gasteiger partial charge is 0.320 e. The van der Waals surface area contributed by atoms with Crippen LogP contribution in [0.4, 0.5) is 0 Å². The van der Waals surface area contributed by atoms with Crippen LogP contribution in [0, 0.1) is 5.92 Å². The van der Waals surface area contributed by atoms with Gasteiger partial charge in [-0.15, -0.1) is 0 Å². The second kappa shape index (κ2) is 15.8. The molecular formula is C19H32N2O6. The lowest BCUT2D eigenvalue weighted by Gasteiger charge is -2.07. The molecule has 0 fully saturated rings. The second-order valence-electron chi connectivity index (χ2n) is 6.35. The van der Waals surface area contributed by atoms with Gasteiger partial charge in [0, 0.05) is 6.42 Å². The fraction of sp³-hybridized carbons (Fsp3) is 0.526. The Kier molecular flexibility index (Phi) is 15.6. The fourth-order valence-electron chi connectivity index (χ4n) is 1.78. The van der Waals surface area contributed by atoms with Gasteiger partial charge in [0.15, 0.2) is 0 Å². The maximum absolute atomic E-state index is 10.4. The standard InChI is InChI=1S/C9H11NO2.C6H13NO2.C4H8O2/c10-8(9(11)12)6-7-4-2-1-3-5-7;1-4(2)3-5(7)6(8)9;1-2-3-4(5)6/h1-5,8H,6,10H2,(H,11,12);4-5H,3,7H2,1-2H3,(H,8,9);2-3H2,1H3,(H,5,6). The number of nitrogens with two attached hydrogens (primary N) is 2. The third kappa shape index (κ3) is 18.1. The van der Waals surface area contributed by atoms with Gasteiger partial charge in [-0.1, -0.05) is 51.1 Å². The van der Waals surface area contributed by atoms with Crippen molar-refractivity contribution >= 4 is 17.9 Å². The minimum absolute atomic E-state index is 0.292.